The highest BCUT2D eigenvalue weighted by molar-refractivity contribution is 7.09. The summed E-state index contributed by atoms with van der Waals surface area (Å²) in [5.74, 6) is -1.01. The lowest BCUT2D eigenvalue weighted by Crippen LogP contribution is -2.15. The molecule has 0 aliphatic heterocycles. The van der Waals surface area contributed by atoms with Crippen LogP contribution in [0.1, 0.15) is 37.0 Å². The molecule has 0 spiro atoms. The van der Waals surface area contributed by atoms with E-state index in [0.29, 0.717) is 11.3 Å². The van der Waals surface area contributed by atoms with Crippen LogP contribution in [0.15, 0.2) is 29.6 Å². The van der Waals surface area contributed by atoms with Crippen molar-refractivity contribution in [1.29, 1.82) is 0 Å². The number of amides is 1. The van der Waals surface area contributed by atoms with E-state index in [0.717, 1.165) is 10.7 Å². The van der Waals surface area contributed by atoms with Gasteiger partial charge in [0.05, 0.1) is 23.5 Å². The molecule has 0 fully saturated rings. The Hall–Kier alpha value is -2.21. The van der Waals surface area contributed by atoms with Crippen LogP contribution >= 0.6 is 11.3 Å². The molecule has 6 heteroatoms. The van der Waals surface area contributed by atoms with Gasteiger partial charge in [0.15, 0.2) is 0 Å². The summed E-state index contributed by atoms with van der Waals surface area (Å²) in [6.07, 6.45) is 0.200. The fourth-order valence-electron chi connectivity index (χ4n) is 1.98. The quantitative estimate of drug-likeness (QED) is 0.881. The number of hydrogen-bond donors (Lipinski definition) is 2. The number of rotatable bonds is 5. The van der Waals surface area contributed by atoms with Crippen molar-refractivity contribution < 1.29 is 14.7 Å². The van der Waals surface area contributed by atoms with E-state index >= 15 is 0 Å². The van der Waals surface area contributed by atoms with Crippen molar-refractivity contribution in [1.82, 2.24) is 4.98 Å². The second-order valence-electron chi connectivity index (χ2n) is 6.39. The minimum Gasteiger partial charge on any atom is -0.481 e. The maximum Gasteiger partial charge on any atom is 0.307 e. The number of carboxylic acids is 1. The third-order valence-electron chi connectivity index (χ3n) is 3.13. The third kappa shape index (κ3) is 5.17. The Balaban J connectivity index is 1.94. The molecule has 2 N–H and O–H groups in total. The monoisotopic (exact) mass is 332 g/mol. The first-order valence-corrected chi connectivity index (χ1v) is 8.17. The Bertz CT molecular complexity index is 699. The van der Waals surface area contributed by atoms with E-state index in [-0.39, 0.29) is 24.2 Å². The highest BCUT2D eigenvalue weighted by Crippen LogP contribution is 2.25. The molecule has 0 saturated carbocycles. The summed E-state index contributed by atoms with van der Waals surface area (Å²) in [6, 6.07) is 6.81. The number of carboxylic acid groups (broad SMARTS) is 1. The minimum atomic E-state index is -0.875. The van der Waals surface area contributed by atoms with E-state index in [4.69, 9.17) is 5.11 Å². The number of aliphatic carboxylic acids is 1. The largest absolute Gasteiger partial charge is 0.481 e. The number of thiazole rings is 1. The van der Waals surface area contributed by atoms with Crippen LogP contribution in [-0.2, 0) is 27.8 Å². The van der Waals surface area contributed by atoms with Crippen molar-refractivity contribution in [3.05, 3.63) is 45.9 Å². The third-order valence-corrected chi connectivity index (χ3v) is 4.44. The number of nitrogens with zero attached hydrogens (tertiary/aromatic N) is 1. The van der Waals surface area contributed by atoms with E-state index in [1.165, 1.54) is 0 Å². The highest BCUT2D eigenvalue weighted by Gasteiger charge is 2.18. The van der Waals surface area contributed by atoms with Crippen molar-refractivity contribution >= 4 is 28.9 Å². The van der Waals surface area contributed by atoms with Gasteiger partial charge < -0.3 is 10.4 Å². The van der Waals surface area contributed by atoms with E-state index in [1.54, 1.807) is 35.6 Å². The molecule has 23 heavy (non-hydrogen) atoms. The second kappa shape index (κ2) is 6.91. The Morgan fingerprint density at radius 3 is 2.35 bits per heavy atom. The number of anilines is 1. The number of aromatic nitrogens is 1. The molecular formula is C17H20N2O3S. The lowest BCUT2D eigenvalue weighted by atomic mass is 9.98. The standard InChI is InChI=1S/C17H20N2O3S/c1-17(2,3)16-19-13(10-23-16)9-14(20)18-12-6-4-11(5-7-12)8-15(21)22/h4-7,10H,8-9H2,1-3H3,(H,18,20)(H,21,22). The molecule has 0 bridgehead atoms. The molecule has 0 unspecified atom stereocenters. The van der Waals surface area contributed by atoms with Gasteiger partial charge >= 0.3 is 5.97 Å². The van der Waals surface area contributed by atoms with E-state index < -0.39 is 5.97 Å². The predicted molar refractivity (Wildman–Crippen MR) is 90.9 cm³/mol. The van der Waals surface area contributed by atoms with Crippen molar-refractivity contribution in [3.63, 3.8) is 0 Å². The van der Waals surface area contributed by atoms with Crippen molar-refractivity contribution in [3.8, 4) is 0 Å². The van der Waals surface area contributed by atoms with Crippen molar-refractivity contribution in [2.45, 2.75) is 39.0 Å². The summed E-state index contributed by atoms with van der Waals surface area (Å²) in [6.45, 7) is 6.27. The Kier molecular flexibility index (Phi) is 5.15. The molecule has 0 aliphatic rings. The van der Waals surface area contributed by atoms with Gasteiger partial charge in [-0.25, -0.2) is 4.98 Å². The summed E-state index contributed by atoms with van der Waals surface area (Å²) < 4.78 is 0. The van der Waals surface area contributed by atoms with Crippen LogP contribution in [0, 0.1) is 0 Å². The van der Waals surface area contributed by atoms with Crippen LogP contribution in [0.2, 0.25) is 0 Å². The molecule has 1 aromatic heterocycles. The van der Waals surface area contributed by atoms with Crippen LogP contribution in [0.3, 0.4) is 0 Å². The van der Waals surface area contributed by atoms with Crippen molar-refractivity contribution in [2.75, 3.05) is 5.32 Å². The number of hydrogen-bond acceptors (Lipinski definition) is 4. The molecule has 2 rings (SSSR count). The van der Waals surface area contributed by atoms with E-state index in [1.807, 2.05) is 5.38 Å². The first-order chi connectivity index (χ1) is 10.7. The molecule has 1 heterocycles. The molecule has 122 valence electrons. The first-order valence-electron chi connectivity index (χ1n) is 7.29. The van der Waals surface area contributed by atoms with Gasteiger partial charge in [-0.1, -0.05) is 32.9 Å². The topological polar surface area (TPSA) is 79.3 Å². The molecule has 1 amide bonds. The maximum absolute atomic E-state index is 12.1. The Morgan fingerprint density at radius 2 is 1.83 bits per heavy atom. The molecule has 0 atom stereocenters. The van der Waals surface area contributed by atoms with Crippen LogP contribution in [0.4, 0.5) is 5.69 Å². The molecular weight excluding hydrogens is 312 g/mol. The van der Waals surface area contributed by atoms with Gasteiger partial charge in [-0.3, -0.25) is 9.59 Å². The first kappa shape index (κ1) is 17.1. The van der Waals surface area contributed by atoms with Crippen molar-refractivity contribution in [2.24, 2.45) is 0 Å². The average Bonchev–Trinajstić information content (AvgIpc) is 2.89. The van der Waals surface area contributed by atoms with Crippen LogP contribution in [-0.4, -0.2) is 22.0 Å². The summed E-state index contributed by atoms with van der Waals surface area (Å²) in [5, 5.41) is 14.5. The van der Waals surface area contributed by atoms with Gasteiger partial charge in [0, 0.05) is 16.5 Å². The zero-order valence-electron chi connectivity index (χ0n) is 13.4. The molecule has 0 saturated heterocycles. The predicted octanol–water partition coefficient (Wildman–Crippen LogP) is 3.25. The molecule has 0 aliphatic carbocycles. The zero-order valence-corrected chi connectivity index (χ0v) is 14.2. The number of nitrogens with one attached hydrogen (secondary N) is 1. The van der Waals surface area contributed by atoms with Crippen LogP contribution < -0.4 is 5.32 Å². The van der Waals surface area contributed by atoms with Gasteiger partial charge in [-0.2, -0.15) is 0 Å². The summed E-state index contributed by atoms with van der Waals surface area (Å²) in [7, 11) is 0. The average molecular weight is 332 g/mol. The molecule has 1 aromatic carbocycles. The number of carbonyl (C=O) groups is 2. The van der Waals surface area contributed by atoms with E-state index in [9.17, 15) is 9.59 Å². The Morgan fingerprint density at radius 1 is 1.17 bits per heavy atom. The second-order valence-corrected chi connectivity index (χ2v) is 7.24. The molecule has 5 nitrogen and oxygen atoms in total. The fraction of sp³-hybridized carbons (Fsp3) is 0.353. The van der Waals surface area contributed by atoms with Gasteiger partial charge in [-0.05, 0) is 17.7 Å². The maximum atomic E-state index is 12.1. The number of carbonyl (C=O) groups excluding carboxylic acids is 1. The molecule has 2 aromatic rings. The van der Waals surface area contributed by atoms with Crippen LogP contribution in [0.5, 0.6) is 0 Å². The lowest BCUT2D eigenvalue weighted by molar-refractivity contribution is -0.136. The molecule has 0 radical (unpaired) electrons. The van der Waals surface area contributed by atoms with Gasteiger partial charge in [0.25, 0.3) is 0 Å². The minimum absolute atomic E-state index is 0.0145. The lowest BCUT2D eigenvalue weighted by Gasteiger charge is -2.13. The smallest absolute Gasteiger partial charge is 0.307 e. The fourth-order valence-corrected chi connectivity index (χ4v) is 2.89. The van der Waals surface area contributed by atoms with Crippen LogP contribution in [0.25, 0.3) is 0 Å². The zero-order chi connectivity index (χ0) is 17.0. The van der Waals surface area contributed by atoms with Gasteiger partial charge in [0.1, 0.15) is 0 Å². The van der Waals surface area contributed by atoms with Gasteiger partial charge in [-0.15, -0.1) is 11.3 Å². The summed E-state index contributed by atoms with van der Waals surface area (Å²) in [4.78, 5) is 27.2. The SMILES string of the molecule is CC(C)(C)c1nc(CC(=O)Nc2ccc(CC(=O)O)cc2)cs1. The Labute approximate surface area is 139 Å². The highest BCUT2D eigenvalue weighted by atomic mass is 32.1. The summed E-state index contributed by atoms with van der Waals surface area (Å²) >= 11 is 1.57. The number of benzene rings is 1. The summed E-state index contributed by atoms with van der Waals surface area (Å²) in [5.41, 5.74) is 2.10. The van der Waals surface area contributed by atoms with Gasteiger partial charge in [0.2, 0.25) is 5.91 Å². The van der Waals surface area contributed by atoms with E-state index in [2.05, 4.69) is 31.1 Å². The normalized spacial score (nSPS) is 11.3.